The quantitative estimate of drug-likeness (QED) is 0.406. The summed E-state index contributed by atoms with van der Waals surface area (Å²) in [4.78, 5) is 0. The lowest BCUT2D eigenvalue weighted by Gasteiger charge is -2.42. The molecule has 3 fully saturated rings. The van der Waals surface area contributed by atoms with Crippen molar-refractivity contribution < 1.29 is 14.9 Å². The minimum absolute atomic E-state index is 0.121. The molecule has 5 atom stereocenters. The molecule has 0 radical (unpaired) electrons. The largest absolute Gasteiger partial charge is 0.386 e. The summed E-state index contributed by atoms with van der Waals surface area (Å²) in [6.45, 7) is 15.3. The smallest absolute Gasteiger partial charge is 0.119 e. The minimum Gasteiger partial charge on any atom is -0.386 e. The highest BCUT2D eigenvalue weighted by atomic mass is 16.5. The Bertz CT molecular complexity index is 831. The molecule has 34 heavy (non-hydrogen) atoms. The van der Waals surface area contributed by atoms with Crippen molar-refractivity contribution in [1.82, 2.24) is 0 Å². The maximum atomic E-state index is 10.8. The lowest BCUT2D eigenvalue weighted by atomic mass is 9.62. The molecule has 0 amide bonds. The average molecular weight is 469 g/mol. The van der Waals surface area contributed by atoms with Gasteiger partial charge in [0.05, 0.1) is 6.10 Å². The molecular weight excluding hydrogens is 420 g/mol. The van der Waals surface area contributed by atoms with Crippen molar-refractivity contribution in [2.45, 2.75) is 117 Å². The molecule has 3 nitrogen and oxygen atoms in total. The fourth-order valence-corrected chi connectivity index (χ4v) is 6.40. The number of fused-ring (bicyclic) bond motifs is 1. The van der Waals surface area contributed by atoms with Crippen LogP contribution in [0.3, 0.4) is 0 Å². The molecule has 3 aliphatic rings. The van der Waals surface area contributed by atoms with Crippen LogP contribution in [0.25, 0.3) is 0 Å². The Labute approximate surface area is 208 Å². The van der Waals surface area contributed by atoms with Crippen LogP contribution in [-0.2, 0) is 4.74 Å². The summed E-state index contributed by atoms with van der Waals surface area (Å²) < 4.78 is 5.98. The van der Waals surface area contributed by atoms with Gasteiger partial charge in [0.15, 0.2) is 0 Å². The Hall–Kier alpha value is -1.34. The second-order valence-corrected chi connectivity index (χ2v) is 12.1. The van der Waals surface area contributed by atoms with E-state index in [1.807, 2.05) is 0 Å². The molecule has 0 heterocycles. The van der Waals surface area contributed by atoms with E-state index in [-0.39, 0.29) is 6.10 Å². The second kappa shape index (κ2) is 11.6. The minimum atomic E-state index is -0.896. The monoisotopic (exact) mass is 468 g/mol. The first-order chi connectivity index (χ1) is 16.0. The number of hydrogen-bond acceptors (Lipinski definition) is 3. The SMILES string of the molecule is C=C1/C(=C\C=C2/CCCC3(C)C(CCC#CC(C)(C)O)CCC23)CCC(OCCC(C)C)C1O. The topological polar surface area (TPSA) is 49.7 Å². The molecule has 0 spiro atoms. The molecule has 0 aliphatic heterocycles. The van der Waals surface area contributed by atoms with Gasteiger partial charge in [-0.25, -0.2) is 0 Å². The summed E-state index contributed by atoms with van der Waals surface area (Å²) in [5.41, 5.74) is 3.08. The van der Waals surface area contributed by atoms with Crippen LogP contribution in [-0.4, -0.2) is 34.6 Å². The standard InChI is InChI=1S/C31H48O3/c1-22(2)18-21-34-28-17-14-24(23(3)29(28)32)12-13-25-10-9-20-31(6)26(15-16-27(25)31)11-7-8-19-30(4,5)33/h12-13,22,26-29,32-33H,3,7,9-11,14-18,20-21H2,1-2,4-6H3/b24-12-,25-13+. The molecule has 0 aromatic rings. The molecule has 3 aliphatic carbocycles. The van der Waals surface area contributed by atoms with Crippen molar-refractivity contribution >= 4 is 0 Å². The molecule has 3 saturated carbocycles. The van der Waals surface area contributed by atoms with Gasteiger partial charge < -0.3 is 14.9 Å². The van der Waals surface area contributed by atoms with Gasteiger partial charge in [-0.05, 0) is 106 Å². The van der Waals surface area contributed by atoms with Crippen molar-refractivity contribution in [3.8, 4) is 11.8 Å². The maximum absolute atomic E-state index is 10.8. The third kappa shape index (κ3) is 6.87. The summed E-state index contributed by atoms with van der Waals surface area (Å²) in [5.74, 6) is 8.15. The number of aliphatic hydroxyl groups is 2. The fraction of sp³-hybridized carbons (Fsp3) is 0.742. The number of rotatable bonds is 7. The van der Waals surface area contributed by atoms with E-state index in [1.54, 1.807) is 19.4 Å². The summed E-state index contributed by atoms with van der Waals surface area (Å²) in [7, 11) is 0. The van der Waals surface area contributed by atoms with Gasteiger partial charge in [0.25, 0.3) is 0 Å². The Kier molecular flexibility index (Phi) is 9.29. The summed E-state index contributed by atoms with van der Waals surface area (Å²) in [5, 5.41) is 20.6. The van der Waals surface area contributed by atoms with E-state index in [2.05, 4.69) is 51.3 Å². The van der Waals surface area contributed by atoms with E-state index in [1.165, 1.54) is 37.7 Å². The van der Waals surface area contributed by atoms with Gasteiger partial charge in [0.2, 0.25) is 0 Å². The van der Waals surface area contributed by atoms with Gasteiger partial charge >= 0.3 is 0 Å². The highest BCUT2D eigenvalue weighted by molar-refractivity contribution is 5.39. The van der Waals surface area contributed by atoms with E-state index >= 15 is 0 Å². The van der Waals surface area contributed by atoms with Crippen molar-refractivity contribution in [2.75, 3.05) is 6.61 Å². The Morgan fingerprint density at radius 3 is 2.68 bits per heavy atom. The predicted octanol–water partition coefficient (Wildman–Crippen LogP) is 6.75. The lowest BCUT2D eigenvalue weighted by Crippen LogP contribution is -2.35. The zero-order valence-electron chi connectivity index (χ0n) is 22.3. The van der Waals surface area contributed by atoms with Crippen molar-refractivity contribution in [2.24, 2.45) is 23.2 Å². The van der Waals surface area contributed by atoms with Crippen molar-refractivity contribution in [3.05, 3.63) is 35.5 Å². The summed E-state index contributed by atoms with van der Waals surface area (Å²) in [6.07, 6.45) is 15.0. The fourth-order valence-electron chi connectivity index (χ4n) is 6.40. The molecule has 2 N–H and O–H groups in total. The Morgan fingerprint density at radius 2 is 1.97 bits per heavy atom. The molecular formula is C31H48O3. The van der Waals surface area contributed by atoms with Crippen molar-refractivity contribution in [3.63, 3.8) is 0 Å². The van der Waals surface area contributed by atoms with Crippen LogP contribution in [0.4, 0.5) is 0 Å². The normalized spacial score (nSPS) is 34.4. The van der Waals surface area contributed by atoms with Gasteiger partial charge in [-0.3, -0.25) is 0 Å². The predicted molar refractivity (Wildman–Crippen MR) is 141 cm³/mol. The van der Waals surface area contributed by atoms with Gasteiger partial charge in [-0.1, -0.05) is 51.0 Å². The van der Waals surface area contributed by atoms with Gasteiger partial charge in [0, 0.05) is 13.0 Å². The van der Waals surface area contributed by atoms with E-state index < -0.39 is 11.7 Å². The third-order valence-electron chi connectivity index (χ3n) is 8.52. The molecule has 190 valence electrons. The van der Waals surface area contributed by atoms with Crippen LogP contribution < -0.4 is 0 Å². The zero-order valence-corrected chi connectivity index (χ0v) is 22.3. The second-order valence-electron chi connectivity index (χ2n) is 12.1. The van der Waals surface area contributed by atoms with Gasteiger partial charge in [0.1, 0.15) is 11.7 Å². The molecule has 3 heteroatoms. The maximum Gasteiger partial charge on any atom is 0.119 e. The molecule has 5 unspecified atom stereocenters. The van der Waals surface area contributed by atoms with Crippen LogP contribution in [0.1, 0.15) is 98.8 Å². The van der Waals surface area contributed by atoms with Crippen LogP contribution in [0.2, 0.25) is 0 Å². The Morgan fingerprint density at radius 1 is 1.21 bits per heavy atom. The first kappa shape index (κ1) is 27.3. The lowest BCUT2D eigenvalue weighted by molar-refractivity contribution is -0.0342. The molecule has 0 saturated heterocycles. The van der Waals surface area contributed by atoms with Crippen LogP contribution in [0.15, 0.2) is 35.5 Å². The van der Waals surface area contributed by atoms with Crippen LogP contribution in [0, 0.1) is 35.0 Å². The zero-order chi connectivity index (χ0) is 24.9. The molecule has 0 aromatic heterocycles. The number of allylic oxidation sites excluding steroid dienone is 3. The first-order valence-corrected chi connectivity index (χ1v) is 13.6. The first-order valence-electron chi connectivity index (χ1n) is 13.6. The number of hydrogen-bond donors (Lipinski definition) is 2. The number of ether oxygens (including phenoxy) is 1. The highest BCUT2D eigenvalue weighted by Gasteiger charge is 2.48. The van der Waals surface area contributed by atoms with Gasteiger partial charge in [-0.2, -0.15) is 0 Å². The van der Waals surface area contributed by atoms with Crippen LogP contribution >= 0.6 is 0 Å². The summed E-state index contributed by atoms with van der Waals surface area (Å²) >= 11 is 0. The average Bonchev–Trinajstić information content (AvgIpc) is 3.09. The van der Waals surface area contributed by atoms with E-state index in [0.717, 1.165) is 37.7 Å². The highest BCUT2D eigenvalue weighted by Crippen LogP contribution is 2.58. The molecule has 0 bridgehead atoms. The number of aliphatic hydroxyl groups excluding tert-OH is 1. The van der Waals surface area contributed by atoms with Crippen LogP contribution in [0.5, 0.6) is 0 Å². The van der Waals surface area contributed by atoms with Crippen molar-refractivity contribution in [1.29, 1.82) is 0 Å². The molecule has 3 rings (SSSR count). The van der Waals surface area contributed by atoms with E-state index in [0.29, 0.717) is 29.8 Å². The summed E-state index contributed by atoms with van der Waals surface area (Å²) in [6, 6.07) is 0. The van der Waals surface area contributed by atoms with E-state index in [4.69, 9.17) is 4.74 Å². The molecule has 0 aromatic carbocycles. The Balaban J connectivity index is 1.62. The third-order valence-corrected chi connectivity index (χ3v) is 8.52. The van der Waals surface area contributed by atoms with Gasteiger partial charge in [-0.15, -0.1) is 5.92 Å². The van der Waals surface area contributed by atoms with E-state index in [9.17, 15) is 10.2 Å².